The molecular formula is C4H12B2. The van der Waals surface area contributed by atoms with Crippen LogP contribution in [0.4, 0.5) is 0 Å². The van der Waals surface area contributed by atoms with Gasteiger partial charge in [-0.25, -0.2) is 0 Å². The van der Waals surface area contributed by atoms with Crippen molar-refractivity contribution in [3.8, 4) is 0 Å². The third-order valence-electron chi connectivity index (χ3n) is 0.866. The fourth-order valence-electron chi connectivity index (χ4n) is 0.577. The summed E-state index contributed by atoms with van der Waals surface area (Å²) in [6.45, 7) is 4.51. The molecule has 0 N–H and O–H groups in total. The van der Waals surface area contributed by atoms with E-state index in [2.05, 4.69) is 21.6 Å². The summed E-state index contributed by atoms with van der Waals surface area (Å²) in [5, 5.41) is 0. The molecule has 0 unspecified atom stereocenters. The van der Waals surface area contributed by atoms with E-state index in [1.165, 1.54) is 13.5 Å². The molecule has 0 saturated heterocycles. The van der Waals surface area contributed by atoms with Gasteiger partial charge in [-0.1, -0.05) is 26.1 Å². The van der Waals surface area contributed by atoms with Crippen molar-refractivity contribution in [2.75, 3.05) is 0 Å². The van der Waals surface area contributed by atoms with Crippen LogP contribution in [0.3, 0.4) is 0 Å². The van der Waals surface area contributed by atoms with Gasteiger partial charge in [0, 0.05) is 0 Å². The topological polar surface area (TPSA) is 0 Å². The smallest absolute Gasteiger partial charge is 0.0825 e. The van der Waals surface area contributed by atoms with Crippen molar-refractivity contribution in [2.45, 2.75) is 20.2 Å². The molecule has 0 nitrogen and oxygen atoms in total. The molecule has 0 amide bonds. The Labute approximate surface area is 42.0 Å². The minimum absolute atomic E-state index is 0.898. The van der Waals surface area contributed by atoms with Gasteiger partial charge in [-0.05, 0) is 0 Å². The van der Waals surface area contributed by atoms with Crippen LogP contribution in [0.1, 0.15) is 13.8 Å². The molecule has 0 rings (SSSR count). The van der Waals surface area contributed by atoms with E-state index in [1.54, 1.807) is 0 Å². The largest absolute Gasteiger partial charge is 0.0827 e. The van der Waals surface area contributed by atoms with Crippen LogP contribution in [-0.2, 0) is 0 Å². The average molecular weight is 81.8 g/mol. The van der Waals surface area contributed by atoms with Gasteiger partial charge in [-0.15, -0.1) is 0 Å². The van der Waals surface area contributed by atoms with Gasteiger partial charge in [0.15, 0.2) is 0 Å². The van der Waals surface area contributed by atoms with Gasteiger partial charge in [0.25, 0.3) is 0 Å². The maximum Gasteiger partial charge on any atom is 0.0825 e. The lowest BCUT2D eigenvalue weighted by atomic mass is 9.52. The Hall–Kier alpha value is 0.130. The predicted molar refractivity (Wildman–Crippen MR) is 35.3 cm³/mol. The van der Waals surface area contributed by atoms with Crippen molar-refractivity contribution < 1.29 is 0 Å². The molecule has 6 heavy (non-hydrogen) atoms. The highest BCUT2D eigenvalue weighted by atomic mass is 13.8. The zero-order chi connectivity index (χ0) is 4.99. The summed E-state index contributed by atoms with van der Waals surface area (Å²) >= 11 is 0. The highest BCUT2D eigenvalue weighted by Gasteiger charge is 1.87. The first-order valence-electron chi connectivity index (χ1n) is 2.77. The molecule has 0 radical (unpaired) electrons. The summed E-state index contributed by atoms with van der Waals surface area (Å²) in [5.74, 6) is 0.898. The van der Waals surface area contributed by atoms with Crippen molar-refractivity contribution >= 4 is 14.9 Å². The lowest BCUT2D eigenvalue weighted by molar-refractivity contribution is 0.734. The van der Waals surface area contributed by atoms with Crippen molar-refractivity contribution in [2.24, 2.45) is 5.92 Å². The molecule has 34 valence electrons. The standard InChI is InChI=1S/C4H12B2/c1-4(2)3-6-5/h4,6H,3,5H2,1-2H3. The van der Waals surface area contributed by atoms with Gasteiger partial charge in [-0.3, -0.25) is 0 Å². The molecule has 0 aromatic carbocycles. The summed E-state index contributed by atoms with van der Waals surface area (Å²) in [6.07, 6.45) is 1.38. The van der Waals surface area contributed by atoms with E-state index in [-0.39, 0.29) is 0 Å². The monoisotopic (exact) mass is 82.1 g/mol. The fraction of sp³-hybridized carbons (Fsp3) is 1.00. The van der Waals surface area contributed by atoms with Gasteiger partial charge in [0.1, 0.15) is 0 Å². The Morgan fingerprint density at radius 2 is 2.17 bits per heavy atom. The van der Waals surface area contributed by atoms with Crippen LogP contribution < -0.4 is 0 Å². The fourth-order valence-corrected chi connectivity index (χ4v) is 0.577. The molecule has 0 aliphatic rings. The molecule has 0 aromatic rings. The molecular weight excluding hydrogens is 69.7 g/mol. The summed E-state index contributed by atoms with van der Waals surface area (Å²) in [6, 6.07) is 0. The quantitative estimate of drug-likeness (QED) is 0.412. The molecule has 2 heteroatoms. The van der Waals surface area contributed by atoms with Crippen molar-refractivity contribution in [3.05, 3.63) is 0 Å². The van der Waals surface area contributed by atoms with Gasteiger partial charge in [0.05, 0.1) is 14.9 Å². The van der Waals surface area contributed by atoms with Crippen LogP contribution in [-0.4, -0.2) is 14.9 Å². The van der Waals surface area contributed by atoms with Crippen LogP contribution >= 0.6 is 0 Å². The Balaban J connectivity index is 2.63. The first kappa shape index (κ1) is 6.13. The van der Waals surface area contributed by atoms with Gasteiger partial charge in [0.2, 0.25) is 0 Å². The van der Waals surface area contributed by atoms with E-state index >= 15 is 0 Å². The van der Waals surface area contributed by atoms with E-state index in [4.69, 9.17) is 0 Å². The highest BCUT2D eigenvalue weighted by Crippen LogP contribution is 1.95. The van der Waals surface area contributed by atoms with Crippen LogP contribution in [0.15, 0.2) is 0 Å². The normalized spacial score (nSPS) is 9.17. The average Bonchev–Trinajstić information content (AvgIpc) is 1.35. The van der Waals surface area contributed by atoms with Crippen molar-refractivity contribution in [1.82, 2.24) is 0 Å². The Kier molecular flexibility index (Phi) is 3.40. The van der Waals surface area contributed by atoms with E-state index in [0.717, 1.165) is 5.92 Å². The summed E-state index contributed by atoms with van der Waals surface area (Å²) in [4.78, 5) is 0. The third kappa shape index (κ3) is 4.13. The Bertz CT molecular complexity index is 26.7. The molecule has 0 atom stereocenters. The maximum absolute atomic E-state index is 2.25. The molecule has 0 spiro atoms. The predicted octanol–water partition coefficient (Wildman–Crippen LogP) is 0.0453. The van der Waals surface area contributed by atoms with Gasteiger partial charge in [-0.2, -0.15) is 0 Å². The van der Waals surface area contributed by atoms with Crippen LogP contribution in [0.2, 0.25) is 6.32 Å². The second-order valence-electron chi connectivity index (χ2n) is 2.18. The zero-order valence-corrected chi connectivity index (χ0v) is 4.99. The minimum Gasteiger partial charge on any atom is -0.0827 e. The zero-order valence-electron chi connectivity index (χ0n) is 4.99. The van der Waals surface area contributed by atoms with E-state index in [1.807, 2.05) is 0 Å². The van der Waals surface area contributed by atoms with Gasteiger partial charge >= 0.3 is 0 Å². The second kappa shape index (κ2) is 3.32. The van der Waals surface area contributed by atoms with Crippen molar-refractivity contribution in [3.63, 3.8) is 0 Å². The number of hydrogen-bond donors (Lipinski definition) is 0. The first-order chi connectivity index (χ1) is 2.77. The summed E-state index contributed by atoms with van der Waals surface area (Å²) in [5.41, 5.74) is 0. The summed E-state index contributed by atoms with van der Waals surface area (Å²) in [7, 11) is 3.55. The SMILES string of the molecule is BBCC(C)C. The molecule has 0 fully saturated rings. The van der Waals surface area contributed by atoms with Crippen LogP contribution in [0, 0.1) is 5.92 Å². The van der Waals surface area contributed by atoms with Gasteiger partial charge < -0.3 is 0 Å². The molecule has 0 heterocycles. The second-order valence-corrected chi connectivity index (χ2v) is 2.18. The van der Waals surface area contributed by atoms with Crippen LogP contribution in [0.5, 0.6) is 0 Å². The molecule has 0 aliphatic carbocycles. The molecule has 0 saturated carbocycles. The maximum atomic E-state index is 2.25. The lowest BCUT2D eigenvalue weighted by Crippen LogP contribution is -1.93. The number of hydrogen-bond acceptors (Lipinski definition) is 0. The van der Waals surface area contributed by atoms with E-state index in [0.29, 0.717) is 0 Å². The van der Waals surface area contributed by atoms with Crippen LogP contribution in [0.25, 0.3) is 0 Å². The van der Waals surface area contributed by atoms with Crippen molar-refractivity contribution in [1.29, 1.82) is 0 Å². The molecule has 0 aromatic heterocycles. The minimum atomic E-state index is 0.898. The van der Waals surface area contributed by atoms with E-state index < -0.39 is 0 Å². The number of rotatable bonds is 2. The Morgan fingerprint density at radius 3 is 2.17 bits per heavy atom. The first-order valence-corrected chi connectivity index (χ1v) is 2.77. The Morgan fingerprint density at radius 1 is 1.67 bits per heavy atom. The molecule has 0 aliphatic heterocycles. The third-order valence-corrected chi connectivity index (χ3v) is 0.866. The molecule has 0 bridgehead atoms. The summed E-state index contributed by atoms with van der Waals surface area (Å²) < 4.78 is 0. The lowest BCUT2D eigenvalue weighted by Gasteiger charge is -1.94. The van der Waals surface area contributed by atoms with E-state index in [9.17, 15) is 0 Å². The highest BCUT2D eigenvalue weighted by molar-refractivity contribution is 6.89.